The summed E-state index contributed by atoms with van der Waals surface area (Å²) in [7, 11) is 0. The molecule has 7 nitrogen and oxygen atoms in total. The third-order valence-corrected chi connectivity index (χ3v) is 4.92. The van der Waals surface area contributed by atoms with Crippen molar-refractivity contribution in [1.82, 2.24) is 9.55 Å². The van der Waals surface area contributed by atoms with Crippen molar-refractivity contribution in [3.8, 4) is 11.6 Å². The van der Waals surface area contributed by atoms with Gasteiger partial charge >= 0.3 is 5.69 Å². The normalized spacial score (nSPS) is 11.3. The Balaban J connectivity index is 1.87. The summed E-state index contributed by atoms with van der Waals surface area (Å²) in [5, 5.41) is 14.5. The highest BCUT2D eigenvalue weighted by Gasteiger charge is 2.21. The molecule has 1 heterocycles. The van der Waals surface area contributed by atoms with Crippen LogP contribution in [0.4, 0.5) is 5.69 Å². The second-order valence-corrected chi connectivity index (χ2v) is 7.35. The molecule has 0 amide bonds. The van der Waals surface area contributed by atoms with E-state index in [0.717, 1.165) is 10.1 Å². The number of rotatable bonds is 5. The Hall–Kier alpha value is -4.10. The maximum absolute atomic E-state index is 12.8. The van der Waals surface area contributed by atoms with E-state index in [1.165, 1.54) is 6.07 Å². The predicted molar refractivity (Wildman–Crippen MR) is 126 cm³/mol. The summed E-state index contributed by atoms with van der Waals surface area (Å²) in [6.45, 7) is 0.255. The summed E-state index contributed by atoms with van der Waals surface area (Å²) < 4.78 is 0.979. The number of aromatic nitrogens is 2. The van der Waals surface area contributed by atoms with Crippen LogP contribution >= 0.6 is 11.6 Å². The minimum absolute atomic E-state index is 0.120. The van der Waals surface area contributed by atoms with E-state index in [4.69, 9.17) is 11.6 Å². The van der Waals surface area contributed by atoms with Crippen molar-refractivity contribution in [2.45, 2.75) is 6.54 Å². The lowest BCUT2D eigenvalue weighted by Crippen LogP contribution is -2.35. The molecule has 3 aromatic carbocycles. The number of H-pyrrole nitrogens is 1. The Bertz CT molecular complexity index is 1380. The van der Waals surface area contributed by atoms with Gasteiger partial charge in [0, 0.05) is 10.7 Å². The first-order chi connectivity index (χ1) is 15.5. The number of anilines is 1. The number of aromatic hydroxyl groups is 1. The van der Waals surface area contributed by atoms with E-state index in [2.05, 4.69) is 15.3 Å². The summed E-state index contributed by atoms with van der Waals surface area (Å²) in [5.41, 5.74) is 0.170. The van der Waals surface area contributed by atoms with Crippen molar-refractivity contribution in [3.05, 3.63) is 122 Å². The summed E-state index contributed by atoms with van der Waals surface area (Å²) >= 11 is 6.05. The summed E-state index contributed by atoms with van der Waals surface area (Å²) in [6, 6.07) is 25.0. The molecule has 0 aliphatic heterocycles. The minimum Gasteiger partial charge on any atom is -0.493 e. The zero-order chi connectivity index (χ0) is 22.5. The van der Waals surface area contributed by atoms with Crippen LogP contribution in [0.15, 0.2) is 99.5 Å². The number of para-hydroxylation sites is 1. The van der Waals surface area contributed by atoms with Crippen LogP contribution in [0, 0.1) is 0 Å². The van der Waals surface area contributed by atoms with Crippen LogP contribution in [0.25, 0.3) is 5.69 Å². The van der Waals surface area contributed by atoms with E-state index in [1.54, 1.807) is 30.3 Å². The molecule has 0 fully saturated rings. The largest absolute Gasteiger partial charge is 0.493 e. The van der Waals surface area contributed by atoms with Gasteiger partial charge in [-0.1, -0.05) is 66.2 Å². The monoisotopic (exact) mass is 446 g/mol. The number of hydrogen-bond donors (Lipinski definition) is 3. The van der Waals surface area contributed by atoms with Crippen molar-refractivity contribution >= 4 is 23.1 Å². The van der Waals surface area contributed by atoms with Crippen LogP contribution < -0.4 is 16.6 Å². The summed E-state index contributed by atoms with van der Waals surface area (Å²) in [6.07, 6.45) is 0. The van der Waals surface area contributed by atoms with Gasteiger partial charge in [-0.2, -0.15) is 0 Å². The van der Waals surface area contributed by atoms with Gasteiger partial charge in [-0.15, -0.1) is 0 Å². The molecule has 160 valence electrons. The zero-order valence-corrected chi connectivity index (χ0v) is 17.6. The van der Waals surface area contributed by atoms with Gasteiger partial charge in [-0.05, 0) is 35.9 Å². The van der Waals surface area contributed by atoms with Crippen molar-refractivity contribution in [2.75, 3.05) is 5.32 Å². The molecule has 0 spiro atoms. The van der Waals surface area contributed by atoms with Gasteiger partial charge in [-0.3, -0.25) is 14.8 Å². The second-order valence-electron chi connectivity index (χ2n) is 6.91. The maximum Gasteiger partial charge on any atom is 0.335 e. The number of aliphatic imine (C=N–C) groups is 1. The molecule has 0 saturated heterocycles. The molecule has 4 aromatic rings. The zero-order valence-electron chi connectivity index (χ0n) is 16.8. The lowest BCUT2D eigenvalue weighted by molar-refractivity contribution is 0.429. The van der Waals surface area contributed by atoms with E-state index >= 15 is 0 Å². The molecule has 0 bridgehead atoms. The molecule has 8 heteroatoms. The van der Waals surface area contributed by atoms with E-state index in [9.17, 15) is 14.7 Å². The number of aromatic amines is 1. The smallest absolute Gasteiger partial charge is 0.335 e. The predicted octanol–water partition coefficient (Wildman–Crippen LogP) is 3.94. The highest BCUT2D eigenvalue weighted by atomic mass is 35.5. The second kappa shape index (κ2) is 9.36. The number of nitrogens with zero attached hydrogens (tertiary/aromatic N) is 2. The van der Waals surface area contributed by atoms with Gasteiger partial charge in [-0.25, -0.2) is 9.36 Å². The standard InChI is InChI=1S/C24H19ClN4O3/c25-17-10-7-13-19(14-17)29-23(31)20(22(30)28-24(29)32)21(27-18-11-5-2-6-12-18)26-15-16-8-3-1-4-9-16/h1-14,31H,15H2,(H,26,27)(H,28,30,32). The Morgan fingerprint density at radius 2 is 1.66 bits per heavy atom. The molecular formula is C24H19ClN4O3. The average molecular weight is 447 g/mol. The van der Waals surface area contributed by atoms with E-state index in [-0.39, 0.29) is 17.9 Å². The lowest BCUT2D eigenvalue weighted by atomic mass is 10.2. The van der Waals surface area contributed by atoms with Crippen LogP contribution in [0.1, 0.15) is 11.1 Å². The Labute approximate surface area is 188 Å². The molecule has 0 unspecified atom stereocenters. The summed E-state index contributed by atoms with van der Waals surface area (Å²) in [5.74, 6) is -0.425. The molecule has 3 N–H and O–H groups in total. The van der Waals surface area contributed by atoms with Gasteiger partial charge in [0.1, 0.15) is 11.4 Å². The van der Waals surface area contributed by atoms with Crippen LogP contribution in [0.5, 0.6) is 5.88 Å². The third kappa shape index (κ3) is 4.63. The maximum atomic E-state index is 12.8. The summed E-state index contributed by atoms with van der Waals surface area (Å²) in [4.78, 5) is 32.1. The Morgan fingerprint density at radius 1 is 0.969 bits per heavy atom. The van der Waals surface area contributed by atoms with Gasteiger partial charge in [0.25, 0.3) is 5.56 Å². The molecule has 0 aliphatic carbocycles. The quantitative estimate of drug-likeness (QED) is 0.319. The fourth-order valence-electron chi connectivity index (χ4n) is 3.19. The Morgan fingerprint density at radius 3 is 2.34 bits per heavy atom. The lowest BCUT2D eigenvalue weighted by Gasteiger charge is -2.15. The fraction of sp³-hybridized carbons (Fsp3) is 0.0417. The topological polar surface area (TPSA) is 99.5 Å². The molecule has 0 aliphatic rings. The van der Waals surface area contributed by atoms with Crippen LogP contribution in [-0.4, -0.2) is 20.5 Å². The van der Waals surface area contributed by atoms with Crippen LogP contribution in [-0.2, 0) is 6.54 Å². The first-order valence-electron chi connectivity index (χ1n) is 9.78. The minimum atomic E-state index is -0.791. The molecule has 4 rings (SSSR count). The van der Waals surface area contributed by atoms with Gasteiger partial charge in [0.15, 0.2) is 0 Å². The van der Waals surface area contributed by atoms with Crippen molar-refractivity contribution < 1.29 is 5.11 Å². The molecule has 0 radical (unpaired) electrons. The molecule has 32 heavy (non-hydrogen) atoms. The van der Waals surface area contributed by atoms with Gasteiger partial charge in [0.05, 0.1) is 12.2 Å². The van der Waals surface area contributed by atoms with Gasteiger partial charge in [0.2, 0.25) is 5.88 Å². The fourth-order valence-corrected chi connectivity index (χ4v) is 3.37. The molecule has 1 aromatic heterocycles. The van der Waals surface area contributed by atoms with Crippen molar-refractivity contribution in [2.24, 2.45) is 4.99 Å². The van der Waals surface area contributed by atoms with E-state index in [1.807, 2.05) is 48.5 Å². The van der Waals surface area contributed by atoms with E-state index in [0.29, 0.717) is 16.4 Å². The van der Waals surface area contributed by atoms with E-state index < -0.39 is 17.1 Å². The number of halogens is 1. The van der Waals surface area contributed by atoms with Crippen LogP contribution in [0.3, 0.4) is 0 Å². The molecular weight excluding hydrogens is 428 g/mol. The Kier molecular flexibility index (Phi) is 6.19. The van der Waals surface area contributed by atoms with Crippen molar-refractivity contribution in [3.63, 3.8) is 0 Å². The first-order valence-corrected chi connectivity index (χ1v) is 10.2. The highest BCUT2D eigenvalue weighted by Crippen LogP contribution is 2.21. The highest BCUT2D eigenvalue weighted by molar-refractivity contribution is 6.30. The first kappa shape index (κ1) is 21.1. The molecule has 0 atom stereocenters. The van der Waals surface area contributed by atoms with Crippen LogP contribution in [0.2, 0.25) is 5.02 Å². The third-order valence-electron chi connectivity index (χ3n) is 4.69. The number of benzene rings is 3. The number of nitrogens with one attached hydrogen (secondary N) is 2. The molecule has 0 saturated carbocycles. The average Bonchev–Trinajstić information content (AvgIpc) is 2.78. The van der Waals surface area contributed by atoms with Gasteiger partial charge < -0.3 is 10.4 Å². The number of amidine groups is 1. The van der Waals surface area contributed by atoms with Crippen molar-refractivity contribution in [1.29, 1.82) is 0 Å². The SMILES string of the molecule is O=c1[nH]c(=O)n(-c2cccc(Cl)c2)c(O)c1C(=NCc1ccccc1)Nc1ccccc1. The number of hydrogen-bond acceptors (Lipinski definition) is 4.